The lowest BCUT2D eigenvalue weighted by atomic mass is 10.0. The zero-order chi connectivity index (χ0) is 32.7. The molecule has 0 bridgehead atoms. The second kappa shape index (κ2) is 18.7. The van der Waals surface area contributed by atoms with E-state index in [4.69, 9.17) is 15.6 Å². The molecule has 0 aromatic carbocycles. The summed E-state index contributed by atoms with van der Waals surface area (Å²) in [5.74, 6) is -5.86. The molecule has 0 saturated carbocycles. The third-order valence-electron chi connectivity index (χ3n) is 6.09. The lowest BCUT2D eigenvalue weighted by Crippen LogP contribution is -2.58. The number of carboxylic acids is 1. The number of carbonyl (C=O) groups excluding carboxylic acids is 6. The van der Waals surface area contributed by atoms with Crippen LogP contribution < -0.4 is 27.0 Å². The normalized spacial score (nSPS) is 16.9. The van der Waals surface area contributed by atoms with Gasteiger partial charge in [0.25, 0.3) is 0 Å². The van der Waals surface area contributed by atoms with Gasteiger partial charge in [0, 0.05) is 12.3 Å². The summed E-state index contributed by atoms with van der Waals surface area (Å²) in [6, 6.07) is -5.27. The van der Waals surface area contributed by atoms with Crippen molar-refractivity contribution in [1.82, 2.24) is 21.3 Å². The van der Waals surface area contributed by atoms with E-state index in [1.807, 2.05) is 0 Å². The molecule has 5 amide bonds. The molecule has 0 aromatic heterocycles. The summed E-state index contributed by atoms with van der Waals surface area (Å²) in [5, 5.41) is 47.7. The number of aliphatic hydroxyl groups is 3. The molecule has 0 aliphatic rings. The summed E-state index contributed by atoms with van der Waals surface area (Å²) in [6.45, 7) is 6.13. The van der Waals surface area contributed by atoms with Gasteiger partial charge >= 0.3 is 5.97 Å². The number of nitrogens with two attached hydrogens (primary N) is 1. The van der Waals surface area contributed by atoms with Crippen LogP contribution in [0.3, 0.4) is 0 Å². The lowest BCUT2D eigenvalue weighted by Gasteiger charge is -2.33. The number of hydrogen-bond acceptors (Lipinski definition) is 11. The summed E-state index contributed by atoms with van der Waals surface area (Å²) in [6.07, 6.45) is -7.21. The predicted molar refractivity (Wildman–Crippen MR) is 144 cm³/mol. The fourth-order valence-corrected chi connectivity index (χ4v) is 3.38. The van der Waals surface area contributed by atoms with Gasteiger partial charge in [0.1, 0.15) is 54.9 Å². The maximum absolute atomic E-state index is 12.9. The first-order chi connectivity index (χ1) is 19.5. The molecular formula is C25H43N5O12. The number of nitrogens with one attached hydrogen (secondary N) is 4. The van der Waals surface area contributed by atoms with E-state index in [-0.39, 0.29) is 25.5 Å². The molecule has 0 spiro atoms. The molecule has 0 heterocycles. The van der Waals surface area contributed by atoms with E-state index in [2.05, 4.69) is 21.3 Å². The summed E-state index contributed by atoms with van der Waals surface area (Å²) >= 11 is 0. The Morgan fingerprint density at radius 2 is 1.45 bits per heavy atom. The van der Waals surface area contributed by atoms with Gasteiger partial charge in [-0.1, -0.05) is 20.8 Å². The summed E-state index contributed by atoms with van der Waals surface area (Å²) < 4.78 is 5.52. The van der Waals surface area contributed by atoms with Crippen LogP contribution in [0.4, 0.5) is 0 Å². The van der Waals surface area contributed by atoms with E-state index in [0.29, 0.717) is 0 Å². The van der Waals surface area contributed by atoms with Crippen LogP contribution >= 0.6 is 0 Å². The van der Waals surface area contributed by atoms with Crippen molar-refractivity contribution >= 4 is 41.8 Å². The van der Waals surface area contributed by atoms with Crippen molar-refractivity contribution < 1.29 is 58.7 Å². The van der Waals surface area contributed by atoms with Crippen molar-refractivity contribution in [2.24, 2.45) is 11.7 Å². The zero-order valence-electron chi connectivity index (χ0n) is 24.2. The SMILES string of the molecule is CCC(NC(=O)C(C)O[C@@H]([C@H](O)[C@H](O)CO)[C@H](C=O)NC(=O)C(C)C)C(=O)NC(CCC(=O)NC(C)C(=O)O)C(N)=O. The Bertz CT molecular complexity index is 962. The molecule has 10 N–H and O–H groups in total. The molecular weight excluding hydrogens is 562 g/mol. The maximum Gasteiger partial charge on any atom is 0.325 e. The number of rotatable bonds is 20. The second-order valence-corrected chi connectivity index (χ2v) is 9.91. The molecule has 0 fully saturated rings. The van der Waals surface area contributed by atoms with Crippen LogP contribution in [0.5, 0.6) is 0 Å². The molecule has 0 rings (SSSR count). The molecule has 8 atom stereocenters. The summed E-state index contributed by atoms with van der Waals surface area (Å²) in [4.78, 5) is 84.2. The number of ether oxygens (including phenoxy) is 1. The first-order valence-corrected chi connectivity index (χ1v) is 13.3. The molecule has 17 nitrogen and oxygen atoms in total. The molecule has 0 aliphatic heterocycles. The van der Waals surface area contributed by atoms with Gasteiger partial charge in [0.05, 0.1) is 6.61 Å². The van der Waals surface area contributed by atoms with E-state index in [1.54, 1.807) is 0 Å². The first-order valence-electron chi connectivity index (χ1n) is 13.3. The molecule has 0 aliphatic carbocycles. The van der Waals surface area contributed by atoms with Crippen LogP contribution in [-0.2, 0) is 38.3 Å². The zero-order valence-corrected chi connectivity index (χ0v) is 24.2. The Balaban J connectivity index is 5.51. The summed E-state index contributed by atoms with van der Waals surface area (Å²) in [5.41, 5.74) is 5.32. The van der Waals surface area contributed by atoms with Crippen LogP contribution in [0, 0.1) is 5.92 Å². The number of aliphatic carboxylic acids is 1. The molecule has 0 aromatic rings. The van der Waals surface area contributed by atoms with Gasteiger partial charge < -0.3 is 57.0 Å². The fourth-order valence-electron chi connectivity index (χ4n) is 3.38. The molecule has 4 unspecified atom stereocenters. The number of carboxylic acid groups (broad SMARTS) is 1. The van der Waals surface area contributed by atoms with Crippen LogP contribution in [0.1, 0.15) is 53.9 Å². The number of hydrogen-bond donors (Lipinski definition) is 9. The highest BCUT2D eigenvalue weighted by Gasteiger charge is 2.38. The summed E-state index contributed by atoms with van der Waals surface area (Å²) in [7, 11) is 0. The predicted octanol–water partition coefficient (Wildman–Crippen LogP) is -3.95. The number of carbonyl (C=O) groups is 7. The number of primary amides is 1. The smallest absolute Gasteiger partial charge is 0.325 e. The van der Waals surface area contributed by atoms with Gasteiger partial charge in [0.15, 0.2) is 0 Å². The van der Waals surface area contributed by atoms with Crippen molar-refractivity contribution in [2.75, 3.05) is 6.61 Å². The minimum atomic E-state index is -1.91. The van der Waals surface area contributed by atoms with Crippen molar-refractivity contribution in [3.8, 4) is 0 Å². The largest absolute Gasteiger partial charge is 0.480 e. The van der Waals surface area contributed by atoms with Crippen LogP contribution in [-0.4, -0.2) is 117 Å². The Morgan fingerprint density at radius 1 is 0.881 bits per heavy atom. The van der Waals surface area contributed by atoms with Crippen molar-refractivity contribution in [3.05, 3.63) is 0 Å². The number of amides is 5. The van der Waals surface area contributed by atoms with E-state index in [0.717, 1.165) is 0 Å². The van der Waals surface area contributed by atoms with E-state index < -0.39 is 96.6 Å². The Labute approximate surface area is 242 Å². The minimum Gasteiger partial charge on any atom is -0.480 e. The highest BCUT2D eigenvalue weighted by Crippen LogP contribution is 2.13. The van der Waals surface area contributed by atoms with Gasteiger partial charge in [-0.25, -0.2) is 0 Å². The Kier molecular flexibility index (Phi) is 17.1. The van der Waals surface area contributed by atoms with E-state index in [1.165, 1.54) is 34.6 Å². The number of aldehydes is 1. The van der Waals surface area contributed by atoms with Gasteiger partial charge in [-0.2, -0.15) is 0 Å². The van der Waals surface area contributed by atoms with Crippen LogP contribution in [0.15, 0.2) is 0 Å². The lowest BCUT2D eigenvalue weighted by molar-refractivity contribution is -0.158. The Morgan fingerprint density at radius 3 is 1.90 bits per heavy atom. The monoisotopic (exact) mass is 605 g/mol. The molecule has 17 heteroatoms. The van der Waals surface area contributed by atoms with E-state index in [9.17, 15) is 48.9 Å². The van der Waals surface area contributed by atoms with E-state index >= 15 is 0 Å². The second-order valence-electron chi connectivity index (χ2n) is 9.91. The highest BCUT2D eigenvalue weighted by atomic mass is 16.5. The van der Waals surface area contributed by atoms with Gasteiger partial charge in [0.2, 0.25) is 29.5 Å². The molecule has 42 heavy (non-hydrogen) atoms. The van der Waals surface area contributed by atoms with Crippen LogP contribution in [0.2, 0.25) is 0 Å². The van der Waals surface area contributed by atoms with Gasteiger partial charge in [-0.05, 0) is 26.7 Å². The average molecular weight is 606 g/mol. The van der Waals surface area contributed by atoms with Crippen molar-refractivity contribution in [3.63, 3.8) is 0 Å². The van der Waals surface area contributed by atoms with Crippen molar-refractivity contribution in [1.29, 1.82) is 0 Å². The standard InChI is InChI=1S/C25H43N5O12/c1-6-14(24(39)29-15(21(26)36)7-8-18(34)27-12(4)25(40)41)28-23(38)13(5)42-20(19(35)17(33)10-32)16(9-31)30-22(37)11(2)3/h9,11-17,19-20,32-33,35H,6-8,10H2,1-5H3,(H2,26,36)(H,27,34)(H,28,38)(H,29,39)(H,30,37)(H,40,41)/t12?,13?,14?,15?,16-,17+,19+,20+/m0/s1. The first kappa shape index (κ1) is 38.3. The quantitative estimate of drug-likeness (QED) is 0.0601. The highest BCUT2D eigenvalue weighted by molar-refractivity contribution is 5.92. The number of aliphatic hydroxyl groups excluding tert-OH is 3. The molecule has 240 valence electrons. The fraction of sp³-hybridized carbons (Fsp3) is 0.720. The Hall–Kier alpha value is -3.67. The molecule has 0 radical (unpaired) electrons. The van der Waals surface area contributed by atoms with Gasteiger partial charge in [-0.3, -0.25) is 28.8 Å². The average Bonchev–Trinajstić information content (AvgIpc) is 2.93. The minimum absolute atomic E-state index is 0.0169. The van der Waals surface area contributed by atoms with Crippen molar-refractivity contribution in [2.45, 2.75) is 102 Å². The third-order valence-corrected chi connectivity index (χ3v) is 6.09. The third kappa shape index (κ3) is 12.9. The maximum atomic E-state index is 12.9. The van der Waals surface area contributed by atoms with Gasteiger partial charge in [-0.15, -0.1) is 0 Å². The molecule has 0 saturated heterocycles. The topological polar surface area (TPSA) is 284 Å². The van der Waals surface area contributed by atoms with Crippen LogP contribution in [0.25, 0.3) is 0 Å².